The summed E-state index contributed by atoms with van der Waals surface area (Å²) in [6.45, 7) is 5.88. The van der Waals surface area contributed by atoms with E-state index >= 15 is 0 Å². The van der Waals surface area contributed by atoms with E-state index in [0.29, 0.717) is 5.41 Å². The largest absolute Gasteiger partial charge is 0.373 e. The van der Waals surface area contributed by atoms with Gasteiger partial charge in [0.1, 0.15) is 0 Å². The van der Waals surface area contributed by atoms with E-state index in [4.69, 9.17) is 4.74 Å². The summed E-state index contributed by atoms with van der Waals surface area (Å²) in [6.07, 6.45) is 9.86. The molecule has 18 heavy (non-hydrogen) atoms. The van der Waals surface area contributed by atoms with Crippen LogP contribution in [0.2, 0.25) is 0 Å². The molecule has 1 nitrogen and oxygen atoms in total. The van der Waals surface area contributed by atoms with Crippen molar-refractivity contribution in [2.24, 2.45) is 23.2 Å². The molecule has 0 amide bonds. The monoisotopic (exact) mass is 314 g/mol. The third-order valence-corrected chi connectivity index (χ3v) is 7.35. The zero-order chi connectivity index (χ0) is 12.8. The fraction of sp³-hybridized carbons (Fsp3) is 1.00. The van der Waals surface area contributed by atoms with Crippen LogP contribution < -0.4 is 0 Å². The average molecular weight is 315 g/mol. The van der Waals surface area contributed by atoms with Crippen molar-refractivity contribution in [1.29, 1.82) is 0 Å². The Labute approximate surface area is 120 Å². The summed E-state index contributed by atoms with van der Waals surface area (Å²) in [5.41, 5.74) is 0.485. The number of fused-ring (bicyclic) bond motifs is 2. The molecule has 3 atom stereocenters. The maximum absolute atomic E-state index is 6.55. The second-order valence-electron chi connectivity index (χ2n) is 7.39. The molecule has 0 aromatic heterocycles. The first kappa shape index (κ1) is 13.4. The van der Waals surface area contributed by atoms with Gasteiger partial charge in [-0.05, 0) is 48.9 Å². The SMILES string of the molecule is CC1(C)C2CCC(C2)C1(CBr)OCCC1CCC1. The molecule has 3 fully saturated rings. The standard InChI is InChI=1S/C16H27BrO/c1-15(2)13-6-7-14(10-13)16(15,11-17)18-9-8-12-4-3-5-12/h12-14H,3-11H2,1-2H3. The quantitative estimate of drug-likeness (QED) is 0.663. The van der Waals surface area contributed by atoms with Crippen molar-refractivity contribution in [3.63, 3.8) is 0 Å². The predicted octanol–water partition coefficient (Wildman–Crippen LogP) is 4.78. The number of alkyl halides is 1. The molecule has 0 radical (unpaired) electrons. The Morgan fingerprint density at radius 2 is 1.83 bits per heavy atom. The molecule has 0 spiro atoms. The molecule has 0 saturated heterocycles. The highest BCUT2D eigenvalue weighted by atomic mass is 79.9. The third kappa shape index (κ3) is 1.82. The topological polar surface area (TPSA) is 9.23 Å². The van der Waals surface area contributed by atoms with Gasteiger partial charge in [-0.2, -0.15) is 0 Å². The van der Waals surface area contributed by atoms with Crippen LogP contribution in [0.15, 0.2) is 0 Å². The van der Waals surface area contributed by atoms with Crippen molar-refractivity contribution < 1.29 is 4.74 Å². The van der Waals surface area contributed by atoms with E-state index in [1.165, 1.54) is 44.9 Å². The Hall–Kier alpha value is 0.440. The average Bonchev–Trinajstić information content (AvgIpc) is 2.82. The Balaban J connectivity index is 1.65. The van der Waals surface area contributed by atoms with E-state index in [1.54, 1.807) is 0 Å². The second-order valence-corrected chi connectivity index (χ2v) is 7.95. The molecule has 0 aliphatic heterocycles. The molecule has 0 aromatic rings. The van der Waals surface area contributed by atoms with Gasteiger partial charge in [0.05, 0.1) is 5.60 Å². The van der Waals surface area contributed by atoms with Gasteiger partial charge in [-0.3, -0.25) is 0 Å². The molecule has 0 heterocycles. The lowest BCUT2D eigenvalue weighted by molar-refractivity contribution is -0.140. The number of ether oxygens (including phenoxy) is 1. The van der Waals surface area contributed by atoms with Gasteiger partial charge >= 0.3 is 0 Å². The van der Waals surface area contributed by atoms with Crippen LogP contribution in [0.4, 0.5) is 0 Å². The van der Waals surface area contributed by atoms with Crippen LogP contribution in [0.5, 0.6) is 0 Å². The van der Waals surface area contributed by atoms with Crippen molar-refractivity contribution in [2.45, 2.75) is 64.4 Å². The van der Waals surface area contributed by atoms with Crippen LogP contribution in [-0.4, -0.2) is 17.5 Å². The number of rotatable bonds is 5. The van der Waals surface area contributed by atoms with E-state index in [1.807, 2.05) is 0 Å². The van der Waals surface area contributed by atoms with Crippen molar-refractivity contribution in [2.75, 3.05) is 11.9 Å². The van der Waals surface area contributed by atoms with Gasteiger partial charge in [0.25, 0.3) is 0 Å². The molecular weight excluding hydrogens is 288 g/mol. The second kappa shape index (κ2) is 4.77. The maximum atomic E-state index is 6.55. The normalized spacial score (nSPS) is 42.2. The van der Waals surface area contributed by atoms with Gasteiger partial charge in [-0.1, -0.05) is 49.0 Å². The fourth-order valence-corrected chi connectivity index (χ4v) is 6.09. The van der Waals surface area contributed by atoms with Gasteiger partial charge in [-0.15, -0.1) is 0 Å². The Morgan fingerprint density at radius 1 is 1.11 bits per heavy atom. The molecule has 0 aromatic carbocycles. The van der Waals surface area contributed by atoms with Crippen LogP contribution in [0.3, 0.4) is 0 Å². The molecule has 3 aliphatic rings. The van der Waals surface area contributed by atoms with Gasteiger partial charge < -0.3 is 4.74 Å². The van der Waals surface area contributed by atoms with Gasteiger partial charge in [-0.25, -0.2) is 0 Å². The lowest BCUT2D eigenvalue weighted by Gasteiger charge is -2.49. The van der Waals surface area contributed by atoms with E-state index in [-0.39, 0.29) is 5.60 Å². The molecule has 3 saturated carbocycles. The highest BCUT2D eigenvalue weighted by Crippen LogP contribution is 2.63. The van der Waals surface area contributed by atoms with Crippen LogP contribution in [-0.2, 0) is 4.74 Å². The molecule has 0 N–H and O–H groups in total. The summed E-state index contributed by atoms with van der Waals surface area (Å²) < 4.78 is 6.55. The van der Waals surface area contributed by atoms with Gasteiger partial charge in [0, 0.05) is 11.9 Å². The van der Waals surface area contributed by atoms with Crippen LogP contribution in [0.25, 0.3) is 0 Å². The molecule has 3 unspecified atom stereocenters. The van der Waals surface area contributed by atoms with E-state index < -0.39 is 0 Å². The lowest BCUT2D eigenvalue weighted by atomic mass is 9.66. The minimum absolute atomic E-state index is 0.125. The predicted molar refractivity (Wildman–Crippen MR) is 79.0 cm³/mol. The minimum atomic E-state index is 0.125. The number of halogens is 1. The third-order valence-electron chi connectivity index (χ3n) is 6.51. The maximum Gasteiger partial charge on any atom is 0.0860 e. The minimum Gasteiger partial charge on any atom is -0.373 e. The zero-order valence-corrected chi connectivity index (χ0v) is 13.5. The first-order valence-corrected chi connectivity index (χ1v) is 8.92. The summed E-state index contributed by atoms with van der Waals surface area (Å²) >= 11 is 3.78. The zero-order valence-electron chi connectivity index (χ0n) is 11.9. The Kier molecular flexibility index (Phi) is 3.56. The van der Waals surface area contributed by atoms with Crippen molar-refractivity contribution in [1.82, 2.24) is 0 Å². The van der Waals surface area contributed by atoms with Crippen LogP contribution >= 0.6 is 15.9 Å². The van der Waals surface area contributed by atoms with Crippen LogP contribution in [0.1, 0.15) is 58.8 Å². The summed E-state index contributed by atoms with van der Waals surface area (Å²) in [4.78, 5) is 0. The van der Waals surface area contributed by atoms with Gasteiger partial charge in [0.2, 0.25) is 0 Å². The summed E-state index contributed by atoms with van der Waals surface area (Å²) in [5, 5.41) is 1.03. The smallest absolute Gasteiger partial charge is 0.0860 e. The molecule has 2 heteroatoms. The molecule has 3 aliphatic carbocycles. The summed E-state index contributed by atoms with van der Waals surface area (Å²) in [6, 6.07) is 0. The Bertz CT molecular complexity index is 310. The van der Waals surface area contributed by atoms with E-state index in [2.05, 4.69) is 29.8 Å². The first-order valence-electron chi connectivity index (χ1n) is 7.80. The first-order chi connectivity index (χ1) is 8.60. The van der Waals surface area contributed by atoms with Crippen molar-refractivity contribution in [3.8, 4) is 0 Å². The lowest BCUT2D eigenvalue weighted by Crippen LogP contribution is -2.53. The summed E-state index contributed by atoms with van der Waals surface area (Å²) in [7, 11) is 0. The van der Waals surface area contributed by atoms with Crippen molar-refractivity contribution in [3.05, 3.63) is 0 Å². The molecule has 2 bridgehead atoms. The molecule has 104 valence electrons. The van der Waals surface area contributed by atoms with Gasteiger partial charge in [0.15, 0.2) is 0 Å². The summed E-state index contributed by atoms with van der Waals surface area (Å²) in [5.74, 6) is 2.67. The number of hydrogen-bond acceptors (Lipinski definition) is 1. The fourth-order valence-electron chi connectivity index (χ4n) is 4.75. The van der Waals surface area contributed by atoms with E-state index in [0.717, 1.165) is 29.7 Å². The van der Waals surface area contributed by atoms with Crippen molar-refractivity contribution >= 4 is 15.9 Å². The highest BCUT2D eigenvalue weighted by molar-refractivity contribution is 9.09. The molecular formula is C16H27BrO. The van der Waals surface area contributed by atoms with Crippen LogP contribution in [0, 0.1) is 23.2 Å². The van der Waals surface area contributed by atoms with E-state index in [9.17, 15) is 0 Å². The molecule has 3 rings (SSSR count). The number of hydrogen-bond donors (Lipinski definition) is 0. The highest BCUT2D eigenvalue weighted by Gasteiger charge is 2.63. The Morgan fingerprint density at radius 3 is 2.33 bits per heavy atom.